The first-order valence-corrected chi connectivity index (χ1v) is 13.0. The smallest absolute Gasteiger partial charge is 0.410 e. The summed E-state index contributed by atoms with van der Waals surface area (Å²) in [4.78, 5) is 52.1. The first kappa shape index (κ1) is 25.5. The Bertz CT molecular complexity index is 1480. The second kappa shape index (κ2) is 10.3. The van der Waals surface area contributed by atoms with Crippen molar-refractivity contribution in [3.8, 4) is 11.3 Å². The number of rotatable bonds is 4. The molecule has 0 saturated carbocycles. The van der Waals surface area contributed by atoms with Crippen LogP contribution in [-0.2, 0) is 4.74 Å². The molecule has 38 heavy (non-hydrogen) atoms. The highest BCUT2D eigenvalue weighted by Crippen LogP contribution is 2.28. The first-order chi connectivity index (χ1) is 18.2. The van der Waals surface area contributed by atoms with Gasteiger partial charge in [-0.25, -0.2) is 14.8 Å². The molecule has 0 aromatic carbocycles. The lowest BCUT2D eigenvalue weighted by Crippen LogP contribution is -2.50. The number of carbonyl (C=O) groups excluding carboxylic acids is 2. The number of amides is 2. The summed E-state index contributed by atoms with van der Waals surface area (Å²) >= 11 is 1.26. The third kappa shape index (κ3) is 5.70. The van der Waals surface area contributed by atoms with Crippen LogP contribution in [-0.4, -0.2) is 73.6 Å². The molecule has 0 bridgehead atoms. The molecule has 5 heterocycles. The first-order valence-electron chi connectivity index (χ1n) is 12.2. The number of nitrogens with one attached hydrogen (secondary N) is 1. The van der Waals surface area contributed by atoms with Gasteiger partial charge >= 0.3 is 6.09 Å². The summed E-state index contributed by atoms with van der Waals surface area (Å²) in [5, 5.41) is 3.29. The zero-order valence-electron chi connectivity index (χ0n) is 21.6. The second-order valence-corrected chi connectivity index (χ2v) is 10.9. The predicted molar refractivity (Wildman–Crippen MR) is 145 cm³/mol. The molecular formula is C26H28N8O3S. The lowest BCUT2D eigenvalue weighted by Gasteiger charge is -2.37. The number of fused-ring (bicyclic) bond motifs is 1. The molecule has 1 aliphatic rings. The number of aromatic nitrogens is 5. The van der Waals surface area contributed by atoms with Crippen molar-refractivity contribution in [3.63, 3.8) is 0 Å². The minimum Gasteiger partial charge on any atom is -0.444 e. The highest BCUT2D eigenvalue weighted by atomic mass is 32.1. The molecule has 196 valence electrons. The Morgan fingerprint density at radius 2 is 1.76 bits per heavy atom. The lowest BCUT2D eigenvalue weighted by atomic mass is 10.1. The quantitative estimate of drug-likeness (QED) is 0.412. The molecule has 1 aliphatic heterocycles. The number of hydrogen-bond donors (Lipinski definition) is 1. The third-order valence-electron chi connectivity index (χ3n) is 5.86. The molecule has 11 nitrogen and oxygen atoms in total. The van der Waals surface area contributed by atoms with Crippen molar-refractivity contribution in [3.05, 3.63) is 54.2 Å². The summed E-state index contributed by atoms with van der Waals surface area (Å²) in [6.45, 7) is 9.55. The van der Waals surface area contributed by atoms with Crippen molar-refractivity contribution >= 4 is 44.6 Å². The Morgan fingerprint density at radius 3 is 2.47 bits per heavy atom. The van der Waals surface area contributed by atoms with Gasteiger partial charge in [-0.3, -0.25) is 20.1 Å². The van der Waals surface area contributed by atoms with Crippen molar-refractivity contribution in [1.82, 2.24) is 29.8 Å². The van der Waals surface area contributed by atoms with Crippen molar-refractivity contribution in [1.29, 1.82) is 0 Å². The van der Waals surface area contributed by atoms with E-state index < -0.39 is 5.60 Å². The van der Waals surface area contributed by atoms with Gasteiger partial charge in [-0.05, 0) is 45.9 Å². The van der Waals surface area contributed by atoms with E-state index in [0.717, 1.165) is 16.9 Å². The van der Waals surface area contributed by atoms with Crippen LogP contribution < -0.4 is 10.2 Å². The normalized spacial score (nSPS) is 14.0. The van der Waals surface area contributed by atoms with E-state index in [1.165, 1.54) is 11.3 Å². The van der Waals surface area contributed by atoms with Crippen LogP contribution in [0.15, 0.2) is 43.0 Å². The monoisotopic (exact) mass is 532 g/mol. The van der Waals surface area contributed by atoms with Gasteiger partial charge in [0.2, 0.25) is 0 Å². The van der Waals surface area contributed by atoms with E-state index in [0.29, 0.717) is 53.0 Å². The number of thiazole rings is 1. The van der Waals surface area contributed by atoms with Crippen molar-refractivity contribution in [2.45, 2.75) is 33.3 Å². The van der Waals surface area contributed by atoms with Gasteiger partial charge in [0.05, 0.1) is 23.1 Å². The molecule has 0 spiro atoms. The molecule has 0 aliphatic carbocycles. The number of aryl methyl sites for hydroxylation is 1. The Labute approximate surface area is 223 Å². The number of nitrogens with zero attached hydrogens (tertiary/aromatic N) is 7. The van der Waals surface area contributed by atoms with Crippen LogP contribution in [0.2, 0.25) is 0 Å². The van der Waals surface area contributed by atoms with E-state index in [1.807, 2.05) is 45.9 Å². The molecule has 1 N–H and O–H groups in total. The van der Waals surface area contributed by atoms with Crippen LogP contribution in [0.5, 0.6) is 0 Å². The SMILES string of the molecule is Cc1cc(N2CCN(C(=O)OC(C)(C)C)CC2)c(C(=O)Nc2nc3ncc(-c4ccncc4)nc3s2)cn1. The van der Waals surface area contributed by atoms with E-state index in [4.69, 9.17) is 4.74 Å². The van der Waals surface area contributed by atoms with Crippen LogP contribution >= 0.6 is 11.3 Å². The average Bonchev–Trinajstić information content (AvgIpc) is 3.29. The van der Waals surface area contributed by atoms with Gasteiger partial charge in [0.25, 0.3) is 5.91 Å². The summed E-state index contributed by atoms with van der Waals surface area (Å²) in [5.41, 5.74) is 3.50. The number of anilines is 2. The molecule has 0 radical (unpaired) electrons. The third-order valence-corrected chi connectivity index (χ3v) is 6.71. The maximum Gasteiger partial charge on any atom is 0.410 e. The minimum atomic E-state index is -0.548. The second-order valence-electron chi connectivity index (χ2n) is 9.89. The Morgan fingerprint density at radius 1 is 1.03 bits per heavy atom. The summed E-state index contributed by atoms with van der Waals surface area (Å²) in [6, 6.07) is 5.61. The molecule has 0 atom stereocenters. The summed E-state index contributed by atoms with van der Waals surface area (Å²) in [6.07, 6.45) is 6.30. The largest absolute Gasteiger partial charge is 0.444 e. The maximum atomic E-state index is 13.3. The van der Waals surface area contributed by atoms with E-state index in [2.05, 4.69) is 35.1 Å². The average molecular weight is 533 g/mol. The molecule has 12 heteroatoms. The molecule has 4 aromatic rings. The zero-order valence-corrected chi connectivity index (χ0v) is 22.4. The molecule has 2 amide bonds. The Kier molecular flexibility index (Phi) is 6.89. The fraction of sp³-hybridized carbons (Fsp3) is 0.346. The van der Waals surface area contributed by atoms with Crippen molar-refractivity contribution < 1.29 is 14.3 Å². The van der Waals surface area contributed by atoms with Crippen LogP contribution in [0.25, 0.3) is 21.7 Å². The number of pyridine rings is 2. The highest BCUT2D eigenvalue weighted by Gasteiger charge is 2.28. The van der Waals surface area contributed by atoms with Crippen molar-refractivity contribution in [2.75, 3.05) is 36.4 Å². The highest BCUT2D eigenvalue weighted by molar-refractivity contribution is 7.21. The number of ether oxygens (including phenoxy) is 1. The summed E-state index contributed by atoms with van der Waals surface area (Å²) in [7, 11) is 0. The van der Waals surface area contributed by atoms with Gasteiger partial charge in [-0.15, -0.1) is 0 Å². The van der Waals surface area contributed by atoms with E-state index in [1.54, 1.807) is 29.7 Å². The predicted octanol–water partition coefficient (Wildman–Crippen LogP) is 4.16. The standard InChI is InChI=1S/C26H28N8O3S/c1-16-13-20(33-9-11-34(12-10-33)25(36)37-26(2,3)4)18(14-28-16)22(35)32-24-31-21-23(38-24)30-19(15-29-21)17-5-7-27-8-6-17/h5-8,13-15H,9-12H2,1-4H3,(H,29,31,32,35). The van der Waals surface area contributed by atoms with Crippen LogP contribution in [0, 0.1) is 6.92 Å². The molecule has 4 aromatic heterocycles. The van der Waals surface area contributed by atoms with Crippen LogP contribution in [0.4, 0.5) is 15.6 Å². The zero-order chi connectivity index (χ0) is 26.9. The van der Waals surface area contributed by atoms with E-state index >= 15 is 0 Å². The van der Waals surface area contributed by atoms with Gasteiger partial charge in [0, 0.05) is 56.0 Å². The van der Waals surface area contributed by atoms with Gasteiger partial charge in [-0.2, -0.15) is 4.98 Å². The minimum absolute atomic E-state index is 0.324. The van der Waals surface area contributed by atoms with E-state index in [-0.39, 0.29) is 12.0 Å². The van der Waals surface area contributed by atoms with Gasteiger partial charge < -0.3 is 14.5 Å². The lowest BCUT2D eigenvalue weighted by molar-refractivity contribution is 0.0240. The number of carbonyl (C=O) groups is 2. The molecule has 1 saturated heterocycles. The Hall–Kier alpha value is -4.19. The maximum absolute atomic E-state index is 13.3. The fourth-order valence-electron chi connectivity index (χ4n) is 4.04. The molecule has 5 rings (SSSR count). The number of piperazine rings is 1. The van der Waals surface area contributed by atoms with Crippen molar-refractivity contribution in [2.24, 2.45) is 0 Å². The van der Waals surface area contributed by atoms with E-state index in [9.17, 15) is 9.59 Å². The van der Waals surface area contributed by atoms with Gasteiger partial charge in [0.15, 0.2) is 15.6 Å². The molecule has 1 fully saturated rings. The van der Waals surface area contributed by atoms with Gasteiger partial charge in [-0.1, -0.05) is 11.3 Å². The number of hydrogen-bond acceptors (Lipinski definition) is 10. The summed E-state index contributed by atoms with van der Waals surface area (Å²) in [5.74, 6) is -0.324. The van der Waals surface area contributed by atoms with Crippen LogP contribution in [0.3, 0.4) is 0 Å². The summed E-state index contributed by atoms with van der Waals surface area (Å²) < 4.78 is 5.50. The fourth-order valence-corrected chi connectivity index (χ4v) is 4.83. The van der Waals surface area contributed by atoms with Crippen LogP contribution in [0.1, 0.15) is 36.8 Å². The topological polar surface area (TPSA) is 126 Å². The Balaban J connectivity index is 1.31. The molecular weight excluding hydrogens is 504 g/mol. The van der Waals surface area contributed by atoms with Gasteiger partial charge in [0.1, 0.15) is 5.60 Å². The molecule has 0 unspecified atom stereocenters.